The third-order valence-electron chi connectivity index (χ3n) is 4.94. The van der Waals surface area contributed by atoms with Gasteiger partial charge in [0.1, 0.15) is 28.2 Å². The third-order valence-corrected chi connectivity index (χ3v) is 5.14. The summed E-state index contributed by atoms with van der Waals surface area (Å²) in [6.07, 6.45) is 2.40. The second-order valence-corrected chi connectivity index (χ2v) is 7.44. The van der Waals surface area contributed by atoms with Gasteiger partial charge in [-0.25, -0.2) is 9.37 Å². The fourth-order valence-corrected chi connectivity index (χ4v) is 3.35. The first-order chi connectivity index (χ1) is 13.0. The molecule has 2 aromatic rings. The minimum absolute atomic E-state index is 0.147. The van der Waals surface area contributed by atoms with E-state index in [2.05, 4.69) is 10.3 Å². The molecular weight excluding hydrogens is 371 g/mol. The molecule has 1 aromatic carbocycles. The van der Waals surface area contributed by atoms with Crippen LogP contribution in [-0.4, -0.2) is 30.2 Å². The lowest BCUT2D eigenvalue weighted by molar-refractivity contribution is -0.139. The van der Waals surface area contributed by atoms with Crippen LogP contribution in [0.5, 0.6) is 5.75 Å². The zero-order valence-electron chi connectivity index (χ0n) is 14.9. The van der Waals surface area contributed by atoms with Gasteiger partial charge in [-0.2, -0.15) is 0 Å². The Kier molecular flexibility index (Phi) is 4.78. The van der Waals surface area contributed by atoms with E-state index in [1.807, 2.05) is 0 Å². The summed E-state index contributed by atoms with van der Waals surface area (Å²) in [7, 11) is 0. The van der Waals surface area contributed by atoms with Crippen LogP contribution in [0.4, 0.5) is 10.1 Å². The average Bonchev–Trinajstić information content (AvgIpc) is 3.41. The van der Waals surface area contributed by atoms with Crippen LogP contribution >= 0.6 is 11.6 Å². The predicted molar refractivity (Wildman–Crippen MR) is 100.0 cm³/mol. The summed E-state index contributed by atoms with van der Waals surface area (Å²) < 4.78 is 25.3. The van der Waals surface area contributed by atoms with E-state index < -0.39 is 11.6 Å². The van der Waals surface area contributed by atoms with Gasteiger partial charge >= 0.3 is 0 Å². The maximum atomic E-state index is 14.1. The number of amides is 1. The molecule has 0 spiro atoms. The monoisotopic (exact) mass is 390 g/mol. The Morgan fingerprint density at radius 3 is 2.78 bits per heavy atom. The molecule has 2 aliphatic rings. The number of nitrogens with one attached hydrogen (secondary N) is 1. The van der Waals surface area contributed by atoms with Crippen molar-refractivity contribution >= 4 is 23.2 Å². The number of rotatable bonds is 6. The van der Waals surface area contributed by atoms with E-state index >= 15 is 0 Å². The lowest BCUT2D eigenvalue weighted by Gasteiger charge is -2.41. The van der Waals surface area contributed by atoms with E-state index in [4.69, 9.17) is 21.1 Å². The molecule has 1 saturated heterocycles. The highest BCUT2D eigenvalue weighted by Crippen LogP contribution is 2.40. The van der Waals surface area contributed by atoms with E-state index in [0.29, 0.717) is 27.7 Å². The van der Waals surface area contributed by atoms with Crippen molar-refractivity contribution in [3.05, 3.63) is 52.8 Å². The standard InChI is InChI=1S/C20H20ClFN2O3/c1-12(22)14-4-2-3-5-15(14)20(10-26-11-20)19(25)24-16-9-23-18(21)8-17(16)27-13-6-7-13/h2-5,8-9,12-13H,6-7,10-11H2,1H3,(H,24,25). The van der Waals surface area contributed by atoms with E-state index in [-0.39, 0.29) is 25.2 Å². The maximum Gasteiger partial charge on any atom is 0.239 e. The molecule has 2 heterocycles. The van der Waals surface area contributed by atoms with Crippen molar-refractivity contribution in [2.45, 2.75) is 37.5 Å². The molecule has 142 valence electrons. The van der Waals surface area contributed by atoms with Crippen molar-refractivity contribution in [2.24, 2.45) is 0 Å². The zero-order valence-corrected chi connectivity index (χ0v) is 15.6. The van der Waals surface area contributed by atoms with Crippen molar-refractivity contribution in [2.75, 3.05) is 18.5 Å². The molecule has 0 bridgehead atoms. The molecule has 1 N–H and O–H groups in total. The number of hydrogen-bond acceptors (Lipinski definition) is 4. The minimum atomic E-state index is -1.18. The number of ether oxygens (including phenoxy) is 2. The Labute approximate surface area is 161 Å². The van der Waals surface area contributed by atoms with Crippen LogP contribution in [0.2, 0.25) is 5.15 Å². The zero-order chi connectivity index (χ0) is 19.0. The van der Waals surface area contributed by atoms with Crippen LogP contribution in [0.1, 0.15) is 37.1 Å². The summed E-state index contributed by atoms with van der Waals surface area (Å²) in [4.78, 5) is 17.2. The molecule has 4 rings (SSSR count). The predicted octanol–water partition coefficient (Wildman–Crippen LogP) is 4.21. The van der Waals surface area contributed by atoms with Crippen LogP contribution < -0.4 is 10.1 Å². The van der Waals surface area contributed by atoms with Crippen LogP contribution in [0.15, 0.2) is 36.5 Å². The van der Waals surface area contributed by atoms with E-state index in [1.165, 1.54) is 13.1 Å². The number of benzene rings is 1. The number of carbonyl (C=O) groups excluding carboxylic acids is 1. The van der Waals surface area contributed by atoms with Crippen LogP contribution in [0.3, 0.4) is 0 Å². The average molecular weight is 391 g/mol. The van der Waals surface area contributed by atoms with Gasteiger partial charge in [0.05, 0.1) is 25.5 Å². The second kappa shape index (κ2) is 7.09. The summed E-state index contributed by atoms with van der Waals surface area (Å²) in [5.74, 6) is 0.222. The van der Waals surface area contributed by atoms with E-state index in [0.717, 1.165) is 12.8 Å². The Balaban J connectivity index is 1.64. The van der Waals surface area contributed by atoms with Gasteiger partial charge < -0.3 is 14.8 Å². The summed E-state index contributed by atoms with van der Waals surface area (Å²) in [5, 5.41) is 3.18. The molecule has 7 heteroatoms. The molecule has 2 fully saturated rings. The molecule has 1 aromatic heterocycles. The van der Waals surface area contributed by atoms with Crippen molar-refractivity contribution in [1.29, 1.82) is 0 Å². The molecule has 1 aliphatic heterocycles. The van der Waals surface area contributed by atoms with Gasteiger partial charge in [-0.05, 0) is 30.9 Å². The molecular formula is C20H20ClFN2O3. The Morgan fingerprint density at radius 1 is 1.41 bits per heavy atom. The first-order valence-corrected chi connectivity index (χ1v) is 9.32. The number of pyridine rings is 1. The van der Waals surface area contributed by atoms with Gasteiger partial charge in [-0.3, -0.25) is 4.79 Å². The number of anilines is 1. The van der Waals surface area contributed by atoms with Crippen molar-refractivity contribution < 1.29 is 18.7 Å². The topological polar surface area (TPSA) is 60.5 Å². The van der Waals surface area contributed by atoms with Gasteiger partial charge in [-0.1, -0.05) is 35.9 Å². The number of carbonyl (C=O) groups is 1. The summed E-state index contributed by atoms with van der Waals surface area (Å²) in [6.45, 7) is 1.86. The van der Waals surface area contributed by atoms with Crippen molar-refractivity contribution in [3.63, 3.8) is 0 Å². The smallest absolute Gasteiger partial charge is 0.239 e. The molecule has 5 nitrogen and oxygen atoms in total. The van der Waals surface area contributed by atoms with Gasteiger partial charge in [0.2, 0.25) is 5.91 Å². The first-order valence-electron chi connectivity index (χ1n) is 8.94. The Bertz CT molecular complexity index is 866. The highest BCUT2D eigenvalue weighted by atomic mass is 35.5. The number of alkyl halides is 1. The lowest BCUT2D eigenvalue weighted by Crippen LogP contribution is -2.56. The summed E-state index contributed by atoms with van der Waals surface area (Å²) in [6, 6.07) is 8.66. The number of nitrogens with zero attached hydrogens (tertiary/aromatic N) is 1. The first kappa shape index (κ1) is 18.2. The van der Waals surface area contributed by atoms with Crippen molar-refractivity contribution in [3.8, 4) is 5.75 Å². The normalized spacial score (nSPS) is 19.1. The summed E-state index contributed by atoms with van der Waals surface area (Å²) >= 11 is 5.97. The van der Waals surface area contributed by atoms with Gasteiger partial charge in [0.25, 0.3) is 0 Å². The Morgan fingerprint density at radius 2 is 2.15 bits per heavy atom. The SMILES string of the molecule is CC(F)c1ccccc1C1(C(=O)Nc2cnc(Cl)cc2OC2CC2)COC1. The lowest BCUT2D eigenvalue weighted by atomic mass is 9.75. The fourth-order valence-electron chi connectivity index (χ4n) is 3.21. The maximum absolute atomic E-state index is 14.1. The quantitative estimate of drug-likeness (QED) is 0.750. The number of hydrogen-bond donors (Lipinski definition) is 1. The van der Waals surface area contributed by atoms with Crippen LogP contribution in [0.25, 0.3) is 0 Å². The molecule has 1 aliphatic carbocycles. The Hall–Kier alpha value is -2.18. The van der Waals surface area contributed by atoms with Crippen LogP contribution in [-0.2, 0) is 14.9 Å². The van der Waals surface area contributed by atoms with Crippen molar-refractivity contribution in [1.82, 2.24) is 4.98 Å². The van der Waals surface area contributed by atoms with E-state index in [9.17, 15) is 9.18 Å². The number of halogens is 2. The fraction of sp³-hybridized carbons (Fsp3) is 0.400. The minimum Gasteiger partial charge on any atom is -0.488 e. The summed E-state index contributed by atoms with van der Waals surface area (Å²) in [5.41, 5.74) is 0.663. The third kappa shape index (κ3) is 3.51. The second-order valence-electron chi connectivity index (χ2n) is 7.05. The largest absolute Gasteiger partial charge is 0.488 e. The highest BCUT2D eigenvalue weighted by molar-refractivity contribution is 6.29. The van der Waals surface area contributed by atoms with E-state index in [1.54, 1.807) is 30.3 Å². The highest BCUT2D eigenvalue weighted by Gasteiger charge is 2.49. The molecule has 1 unspecified atom stereocenters. The molecule has 27 heavy (non-hydrogen) atoms. The number of aromatic nitrogens is 1. The van der Waals surface area contributed by atoms with Gasteiger partial charge in [0.15, 0.2) is 0 Å². The van der Waals surface area contributed by atoms with Gasteiger partial charge in [-0.15, -0.1) is 0 Å². The van der Waals surface area contributed by atoms with Gasteiger partial charge in [0, 0.05) is 6.07 Å². The molecule has 1 atom stereocenters. The molecule has 0 radical (unpaired) electrons. The molecule has 1 saturated carbocycles. The molecule has 1 amide bonds. The van der Waals surface area contributed by atoms with Crippen LogP contribution in [0, 0.1) is 0 Å².